The molecule has 2 atom stereocenters. The fourth-order valence-corrected chi connectivity index (χ4v) is 2.09. The molecular weight excluding hydrogens is 188 g/mol. The Kier molecular flexibility index (Phi) is 5.58. The third-order valence-corrected chi connectivity index (χ3v) is 3.29. The van der Waals surface area contributed by atoms with Gasteiger partial charge in [0.15, 0.2) is 0 Å². The molecule has 0 aromatic rings. The van der Waals surface area contributed by atoms with Crippen LogP contribution >= 0.6 is 0 Å². The summed E-state index contributed by atoms with van der Waals surface area (Å²) in [6, 6.07) is 1.84. The standard InChI is InChI=1S/C12H26N2O/c1-5-11(8-13-10(2)3)14(4)12-6-7-15-9-12/h10-13H,5-9H2,1-4H3. The van der Waals surface area contributed by atoms with E-state index in [1.54, 1.807) is 0 Å². The summed E-state index contributed by atoms with van der Waals surface area (Å²) >= 11 is 0. The molecule has 1 heterocycles. The molecule has 0 saturated carbocycles. The molecule has 0 aromatic carbocycles. The topological polar surface area (TPSA) is 24.5 Å². The van der Waals surface area contributed by atoms with E-state index in [0.29, 0.717) is 18.1 Å². The van der Waals surface area contributed by atoms with Gasteiger partial charge in [0.1, 0.15) is 0 Å². The first kappa shape index (κ1) is 12.9. The molecule has 2 unspecified atom stereocenters. The third-order valence-electron chi connectivity index (χ3n) is 3.29. The molecule has 0 bridgehead atoms. The summed E-state index contributed by atoms with van der Waals surface area (Å²) in [5.74, 6) is 0. The lowest BCUT2D eigenvalue weighted by Crippen LogP contribution is -2.46. The van der Waals surface area contributed by atoms with Gasteiger partial charge < -0.3 is 10.1 Å². The molecule has 3 heteroatoms. The van der Waals surface area contributed by atoms with Crippen LogP contribution in [0.15, 0.2) is 0 Å². The number of rotatable bonds is 6. The van der Waals surface area contributed by atoms with Gasteiger partial charge in [-0.3, -0.25) is 4.90 Å². The molecule has 0 aromatic heterocycles. The highest BCUT2D eigenvalue weighted by molar-refractivity contribution is 4.80. The summed E-state index contributed by atoms with van der Waals surface area (Å²) in [6.07, 6.45) is 2.39. The van der Waals surface area contributed by atoms with E-state index in [9.17, 15) is 0 Å². The van der Waals surface area contributed by atoms with Gasteiger partial charge in [-0.2, -0.15) is 0 Å². The summed E-state index contributed by atoms with van der Waals surface area (Å²) in [7, 11) is 2.23. The minimum atomic E-state index is 0.576. The maximum absolute atomic E-state index is 5.44. The van der Waals surface area contributed by atoms with Crippen LogP contribution in [0.5, 0.6) is 0 Å². The zero-order valence-corrected chi connectivity index (χ0v) is 10.6. The lowest BCUT2D eigenvalue weighted by Gasteiger charge is -2.32. The van der Waals surface area contributed by atoms with Crippen LogP contribution in [-0.4, -0.2) is 49.8 Å². The summed E-state index contributed by atoms with van der Waals surface area (Å²) < 4.78 is 5.44. The Morgan fingerprint density at radius 3 is 2.67 bits per heavy atom. The van der Waals surface area contributed by atoms with E-state index in [2.05, 4.69) is 38.0 Å². The van der Waals surface area contributed by atoms with Gasteiger partial charge in [-0.1, -0.05) is 20.8 Å². The van der Waals surface area contributed by atoms with Crippen molar-refractivity contribution in [3.8, 4) is 0 Å². The average Bonchev–Trinajstić information content (AvgIpc) is 2.70. The first-order valence-corrected chi connectivity index (χ1v) is 6.18. The van der Waals surface area contributed by atoms with Crippen molar-refractivity contribution in [3.05, 3.63) is 0 Å². The average molecular weight is 214 g/mol. The Bertz CT molecular complexity index is 167. The van der Waals surface area contributed by atoms with Crippen LogP contribution in [0, 0.1) is 0 Å². The third kappa shape index (κ3) is 4.09. The van der Waals surface area contributed by atoms with Crippen LogP contribution < -0.4 is 5.32 Å². The van der Waals surface area contributed by atoms with Crippen molar-refractivity contribution in [1.29, 1.82) is 0 Å². The zero-order valence-electron chi connectivity index (χ0n) is 10.6. The zero-order chi connectivity index (χ0) is 11.3. The molecule has 1 N–H and O–H groups in total. The summed E-state index contributed by atoms with van der Waals surface area (Å²) in [5, 5.41) is 3.52. The highest BCUT2D eigenvalue weighted by atomic mass is 16.5. The van der Waals surface area contributed by atoms with Crippen LogP contribution in [0.4, 0.5) is 0 Å². The van der Waals surface area contributed by atoms with Crippen molar-refractivity contribution < 1.29 is 4.74 Å². The fourth-order valence-electron chi connectivity index (χ4n) is 2.09. The number of nitrogens with one attached hydrogen (secondary N) is 1. The molecule has 0 spiro atoms. The predicted molar refractivity (Wildman–Crippen MR) is 64.2 cm³/mol. The molecule has 0 radical (unpaired) electrons. The van der Waals surface area contributed by atoms with E-state index in [0.717, 1.165) is 19.8 Å². The maximum Gasteiger partial charge on any atom is 0.0622 e. The minimum absolute atomic E-state index is 0.576. The van der Waals surface area contributed by atoms with Crippen LogP contribution in [0.1, 0.15) is 33.6 Å². The summed E-state index contributed by atoms with van der Waals surface area (Å²) in [4.78, 5) is 2.49. The molecule has 1 fully saturated rings. The van der Waals surface area contributed by atoms with E-state index in [-0.39, 0.29) is 0 Å². The van der Waals surface area contributed by atoms with E-state index >= 15 is 0 Å². The van der Waals surface area contributed by atoms with Crippen LogP contribution in [0.2, 0.25) is 0 Å². The SMILES string of the molecule is CCC(CNC(C)C)N(C)C1CCOC1. The van der Waals surface area contributed by atoms with Gasteiger partial charge in [0.25, 0.3) is 0 Å². The van der Waals surface area contributed by atoms with Crippen LogP contribution in [-0.2, 0) is 4.74 Å². The van der Waals surface area contributed by atoms with E-state index < -0.39 is 0 Å². The second-order valence-electron chi connectivity index (χ2n) is 4.81. The molecule has 0 amide bonds. The molecule has 1 aliphatic rings. The lowest BCUT2D eigenvalue weighted by molar-refractivity contribution is 0.128. The van der Waals surface area contributed by atoms with E-state index in [1.807, 2.05) is 0 Å². The fraction of sp³-hybridized carbons (Fsp3) is 1.00. The molecule has 1 saturated heterocycles. The molecule has 0 aliphatic carbocycles. The minimum Gasteiger partial charge on any atom is -0.380 e. The summed E-state index contributed by atoms with van der Waals surface area (Å²) in [5.41, 5.74) is 0. The van der Waals surface area contributed by atoms with Gasteiger partial charge in [-0.05, 0) is 19.9 Å². The highest BCUT2D eigenvalue weighted by Gasteiger charge is 2.25. The van der Waals surface area contributed by atoms with Gasteiger partial charge in [0.2, 0.25) is 0 Å². The first-order chi connectivity index (χ1) is 7.15. The Morgan fingerprint density at radius 1 is 1.47 bits per heavy atom. The highest BCUT2D eigenvalue weighted by Crippen LogP contribution is 2.14. The van der Waals surface area contributed by atoms with Crippen molar-refractivity contribution >= 4 is 0 Å². The van der Waals surface area contributed by atoms with Crippen LogP contribution in [0.25, 0.3) is 0 Å². The van der Waals surface area contributed by atoms with Gasteiger partial charge in [-0.15, -0.1) is 0 Å². The second-order valence-corrected chi connectivity index (χ2v) is 4.81. The molecule has 15 heavy (non-hydrogen) atoms. The van der Waals surface area contributed by atoms with Crippen molar-refractivity contribution in [2.45, 2.75) is 51.7 Å². The van der Waals surface area contributed by atoms with Gasteiger partial charge in [0.05, 0.1) is 6.61 Å². The maximum atomic E-state index is 5.44. The Balaban J connectivity index is 2.34. The quantitative estimate of drug-likeness (QED) is 0.725. The monoisotopic (exact) mass is 214 g/mol. The molecular formula is C12H26N2O. The number of hydrogen-bond donors (Lipinski definition) is 1. The Hall–Kier alpha value is -0.120. The number of hydrogen-bond acceptors (Lipinski definition) is 3. The van der Waals surface area contributed by atoms with Gasteiger partial charge >= 0.3 is 0 Å². The lowest BCUT2D eigenvalue weighted by atomic mass is 10.1. The largest absolute Gasteiger partial charge is 0.380 e. The normalized spacial score (nSPS) is 24.0. The molecule has 1 aliphatic heterocycles. The molecule has 3 nitrogen and oxygen atoms in total. The smallest absolute Gasteiger partial charge is 0.0622 e. The van der Waals surface area contributed by atoms with Crippen molar-refractivity contribution in [1.82, 2.24) is 10.2 Å². The van der Waals surface area contributed by atoms with E-state index in [1.165, 1.54) is 12.8 Å². The van der Waals surface area contributed by atoms with E-state index in [4.69, 9.17) is 4.74 Å². The number of nitrogens with zero attached hydrogens (tertiary/aromatic N) is 1. The van der Waals surface area contributed by atoms with Crippen molar-refractivity contribution in [2.24, 2.45) is 0 Å². The van der Waals surface area contributed by atoms with Crippen LogP contribution in [0.3, 0.4) is 0 Å². The second kappa shape index (κ2) is 6.46. The first-order valence-electron chi connectivity index (χ1n) is 6.18. The molecule has 1 rings (SSSR count). The number of likely N-dealkylation sites (N-methyl/N-ethyl adjacent to an activating group) is 1. The summed E-state index contributed by atoms with van der Waals surface area (Å²) in [6.45, 7) is 9.59. The van der Waals surface area contributed by atoms with Crippen molar-refractivity contribution in [3.63, 3.8) is 0 Å². The Labute approximate surface area is 94.2 Å². The van der Waals surface area contributed by atoms with Gasteiger partial charge in [-0.25, -0.2) is 0 Å². The van der Waals surface area contributed by atoms with Crippen molar-refractivity contribution in [2.75, 3.05) is 26.8 Å². The Morgan fingerprint density at radius 2 is 2.20 bits per heavy atom. The number of ether oxygens (including phenoxy) is 1. The molecule has 90 valence electrons. The predicted octanol–water partition coefficient (Wildman–Crippen LogP) is 1.48. The van der Waals surface area contributed by atoms with Gasteiger partial charge in [0, 0.05) is 31.3 Å².